The molecule has 0 bridgehead atoms. The Hall–Kier alpha value is -2.71. The fraction of sp³-hybridized carbons (Fsp3) is 0.500. The Bertz CT molecular complexity index is 587. The van der Waals surface area contributed by atoms with E-state index in [1.54, 1.807) is 4.90 Å². The summed E-state index contributed by atoms with van der Waals surface area (Å²) < 4.78 is 0. The standard InChI is InChI=1S/C14H17N7O/c15-6-11-8-19-14(20-9-11)18-4-3-17-10-13(22)21-5-1-2-12(21)7-16/h8-9,12,17H,1-5,10H2,(H,18,19,20)/t12-/m0/s1. The lowest BCUT2D eigenvalue weighted by molar-refractivity contribution is -0.130. The second-order valence-electron chi connectivity index (χ2n) is 4.88. The third-order valence-electron chi connectivity index (χ3n) is 3.36. The summed E-state index contributed by atoms with van der Waals surface area (Å²) in [5.41, 5.74) is 0.409. The molecule has 114 valence electrons. The molecule has 1 aromatic rings. The summed E-state index contributed by atoms with van der Waals surface area (Å²) in [5.74, 6) is 0.398. The molecule has 0 saturated carbocycles. The highest BCUT2D eigenvalue weighted by Crippen LogP contribution is 2.15. The van der Waals surface area contributed by atoms with Gasteiger partial charge in [0.15, 0.2) is 0 Å². The van der Waals surface area contributed by atoms with Crippen molar-refractivity contribution in [3.63, 3.8) is 0 Å². The van der Waals surface area contributed by atoms with Crippen molar-refractivity contribution >= 4 is 11.9 Å². The van der Waals surface area contributed by atoms with Gasteiger partial charge in [0.1, 0.15) is 12.1 Å². The van der Waals surface area contributed by atoms with E-state index in [9.17, 15) is 4.79 Å². The molecule has 1 aromatic heterocycles. The number of amides is 1. The van der Waals surface area contributed by atoms with Crippen molar-refractivity contribution in [3.05, 3.63) is 18.0 Å². The molecule has 0 aromatic carbocycles. The van der Waals surface area contributed by atoms with Gasteiger partial charge in [-0.15, -0.1) is 0 Å². The van der Waals surface area contributed by atoms with Crippen LogP contribution in [0.25, 0.3) is 0 Å². The summed E-state index contributed by atoms with van der Waals surface area (Å²) >= 11 is 0. The van der Waals surface area contributed by atoms with Crippen LogP contribution in [0.3, 0.4) is 0 Å². The first kappa shape index (κ1) is 15.7. The molecule has 22 heavy (non-hydrogen) atoms. The molecule has 8 nitrogen and oxygen atoms in total. The number of nitrogens with zero attached hydrogens (tertiary/aromatic N) is 5. The van der Waals surface area contributed by atoms with E-state index >= 15 is 0 Å². The number of rotatable bonds is 6. The Labute approximate surface area is 128 Å². The fourth-order valence-corrected chi connectivity index (χ4v) is 2.24. The summed E-state index contributed by atoms with van der Waals surface area (Å²) in [5, 5.41) is 23.6. The first-order valence-electron chi connectivity index (χ1n) is 7.10. The van der Waals surface area contributed by atoms with Gasteiger partial charge in [-0.1, -0.05) is 0 Å². The van der Waals surface area contributed by atoms with Crippen LogP contribution in [0.2, 0.25) is 0 Å². The van der Waals surface area contributed by atoms with Crippen LogP contribution < -0.4 is 10.6 Å². The third-order valence-corrected chi connectivity index (χ3v) is 3.36. The largest absolute Gasteiger partial charge is 0.353 e. The molecule has 1 saturated heterocycles. The molecule has 1 fully saturated rings. The lowest BCUT2D eigenvalue weighted by Gasteiger charge is -2.19. The zero-order valence-electron chi connectivity index (χ0n) is 12.1. The van der Waals surface area contributed by atoms with Crippen LogP contribution in [0.15, 0.2) is 12.4 Å². The molecule has 1 aliphatic heterocycles. The lowest BCUT2D eigenvalue weighted by Crippen LogP contribution is -2.41. The number of aromatic nitrogens is 2. The Morgan fingerprint density at radius 3 is 2.82 bits per heavy atom. The number of hydrogen-bond donors (Lipinski definition) is 2. The second-order valence-corrected chi connectivity index (χ2v) is 4.88. The molecule has 1 atom stereocenters. The van der Waals surface area contributed by atoms with Crippen molar-refractivity contribution in [1.29, 1.82) is 10.5 Å². The minimum atomic E-state index is -0.278. The third kappa shape index (κ3) is 4.14. The van der Waals surface area contributed by atoms with E-state index in [-0.39, 0.29) is 18.5 Å². The highest BCUT2D eigenvalue weighted by atomic mass is 16.2. The molecule has 2 N–H and O–H groups in total. The Kier molecular flexibility index (Phi) is 5.64. The van der Waals surface area contributed by atoms with Crippen LogP contribution in [0.5, 0.6) is 0 Å². The van der Waals surface area contributed by atoms with Crippen LogP contribution in [-0.4, -0.2) is 53.0 Å². The van der Waals surface area contributed by atoms with Crippen molar-refractivity contribution in [3.8, 4) is 12.1 Å². The summed E-state index contributed by atoms with van der Waals surface area (Å²) in [6.45, 7) is 2.01. The minimum absolute atomic E-state index is 0.0429. The average Bonchev–Trinajstić information content (AvgIpc) is 3.03. The van der Waals surface area contributed by atoms with E-state index in [1.807, 2.05) is 6.07 Å². The monoisotopic (exact) mass is 299 g/mol. The van der Waals surface area contributed by atoms with Gasteiger partial charge >= 0.3 is 0 Å². The number of likely N-dealkylation sites (tertiary alicyclic amines) is 1. The molecule has 2 heterocycles. The van der Waals surface area contributed by atoms with E-state index in [2.05, 4.69) is 26.7 Å². The van der Waals surface area contributed by atoms with Crippen molar-refractivity contribution < 1.29 is 4.79 Å². The second kappa shape index (κ2) is 7.91. The topological polar surface area (TPSA) is 118 Å². The Balaban J connectivity index is 1.64. The van der Waals surface area contributed by atoms with Gasteiger partial charge < -0.3 is 15.5 Å². The van der Waals surface area contributed by atoms with Gasteiger partial charge in [0.05, 0.1) is 30.6 Å². The van der Waals surface area contributed by atoms with E-state index in [0.717, 1.165) is 12.8 Å². The van der Waals surface area contributed by atoms with Crippen LogP contribution in [-0.2, 0) is 4.79 Å². The molecular weight excluding hydrogens is 282 g/mol. The molecule has 2 rings (SSSR count). The maximum Gasteiger partial charge on any atom is 0.237 e. The number of nitriles is 2. The molecule has 0 spiro atoms. The van der Waals surface area contributed by atoms with Crippen LogP contribution >= 0.6 is 0 Å². The smallest absolute Gasteiger partial charge is 0.237 e. The zero-order valence-corrected chi connectivity index (χ0v) is 12.1. The number of nitrogens with one attached hydrogen (secondary N) is 2. The summed E-state index contributed by atoms with van der Waals surface area (Å²) in [7, 11) is 0. The van der Waals surface area contributed by atoms with Crippen LogP contribution in [0.1, 0.15) is 18.4 Å². The molecule has 0 aliphatic carbocycles. The fourth-order valence-electron chi connectivity index (χ4n) is 2.24. The highest BCUT2D eigenvalue weighted by molar-refractivity contribution is 5.79. The quantitative estimate of drug-likeness (QED) is 0.702. The van der Waals surface area contributed by atoms with E-state index < -0.39 is 0 Å². The normalized spacial score (nSPS) is 16.8. The predicted molar refractivity (Wildman–Crippen MR) is 78.5 cm³/mol. The Morgan fingerprint density at radius 1 is 1.36 bits per heavy atom. The van der Waals surface area contributed by atoms with Gasteiger partial charge in [0, 0.05) is 19.6 Å². The van der Waals surface area contributed by atoms with Crippen LogP contribution in [0.4, 0.5) is 5.95 Å². The number of carbonyl (C=O) groups is 1. The zero-order chi connectivity index (χ0) is 15.8. The summed E-state index contributed by atoms with van der Waals surface area (Å²) in [6, 6.07) is 3.82. The maximum absolute atomic E-state index is 12.0. The van der Waals surface area contributed by atoms with E-state index in [0.29, 0.717) is 31.1 Å². The van der Waals surface area contributed by atoms with Crippen molar-refractivity contribution in [2.75, 3.05) is 31.5 Å². The predicted octanol–water partition coefficient (Wildman–Crippen LogP) is -0.136. The molecular formula is C14H17N7O. The van der Waals surface area contributed by atoms with Gasteiger partial charge in [0.2, 0.25) is 11.9 Å². The van der Waals surface area contributed by atoms with Gasteiger partial charge in [0.25, 0.3) is 0 Å². The van der Waals surface area contributed by atoms with Crippen molar-refractivity contribution in [2.45, 2.75) is 18.9 Å². The highest BCUT2D eigenvalue weighted by Gasteiger charge is 2.27. The molecule has 1 aliphatic rings. The summed E-state index contributed by atoms with van der Waals surface area (Å²) in [4.78, 5) is 21.5. The van der Waals surface area contributed by atoms with Crippen LogP contribution in [0, 0.1) is 22.7 Å². The lowest BCUT2D eigenvalue weighted by atomic mass is 10.2. The van der Waals surface area contributed by atoms with E-state index in [4.69, 9.17) is 10.5 Å². The first-order chi connectivity index (χ1) is 10.7. The van der Waals surface area contributed by atoms with Gasteiger partial charge in [-0.25, -0.2) is 9.97 Å². The van der Waals surface area contributed by atoms with Gasteiger partial charge in [-0.3, -0.25) is 4.79 Å². The molecule has 0 radical (unpaired) electrons. The van der Waals surface area contributed by atoms with Gasteiger partial charge in [-0.05, 0) is 12.8 Å². The Morgan fingerprint density at radius 2 is 2.14 bits per heavy atom. The number of carbonyl (C=O) groups excluding carboxylic acids is 1. The van der Waals surface area contributed by atoms with E-state index in [1.165, 1.54) is 12.4 Å². The average molecular weight is 299 g/mol. The molecule has 8 heteroatoms. The summed E-state index contributed by atoms with van der Waals surface area (Å²) in [6.07, 6.45) is 4.55. The number of anilines is 1. The number of hydrogen-bond acceptors (Lipinski definition) is 7. The first-order valence-corrected chi connectivity index (χ1v) is 7.10. The maximum atomic E-state index is 12.0. The van der Waals surface area contributed by atoms with Gasteiger partial charge in [-0.2, -0.15) is 10.5 Å². The van der Waals surface area contributed by atoms with Crippen molar-refractivity contribution in [1.82, 2.24) is 20.2 Å². The minimum Gasteiger partial charge on any atom is -0.353 e. The SMILES string of the molecule is N#Cc1cnc(NCCNCC(=O)N2CCC[C@H]2C#N)nc1. The van der Waals surface area contributed by atoms with Crippen molar-refractivity contribution in [2.24, 2.45) is 0 Å². The molecule has 0 unspecified atom stereocenters. The molecule has 1 amide bonds.